The van der Waals surface area contributed by atoms with Crippen LogP contribution >= 0.6 is 37.3 Å². The van der Waals surface area contributed by atoms with E-state index >= 15 is 0 Å². The normalized spacial score (nSPS) is 26.6. The van der Waals surface area contributed by atoms with Crippen LogP contribution in [-0.4, -0.2) is 63.2 Å². The molecule has 2 aliphatic rings. The topological polar surface area (TPSA) is 167 Å². The summed E-state index contributed by atoms with van der Waals surface area (Å²) in [5, 5.41) is 21.2. The van der Waals surface area contributed by atoms with Gasteiger partial charge in [-0.15, -0.1) is 0 Å². The predicted octanol–water partition coefficient (Wildman–Crippen LogP) is 2.19. The van der Waals surface area contributed by atoms with Gasteiger partial charge in [0.05, 0.1) is 0 Å². The van der Waals surface area contributed by atoms with E-state index in [1.54, 1.807) is 19.1 Å². The minimum atomic E-state index is -5.96. The first-order valence-corrected chi connectivity index (χ1v) is 20.2. The van der Waals surface area contributed by atoms with Crippen LogP contribution in [0.3, 0.4) is 0 Å². The Kier molecular flexibility index (Phi) is 6.62. The molecule has 0 fully saturated rings. The van der Waals surface area contributed by atoms with Crippen LogP contribution in [0.1, 0.15) is 40.1 Å². The number of phenolic OH excluding ortho intramolecular Hbond substituents is 1. The molecule has 0 radical (unpaired) electrons. The number of carbonyl (C=O) groups is 4. The Labute approximate surface area is 199 Å². The molecule has 0 aromatic heterocycles. The number of phenols is 1. The number of fused-ring (bicyclic) bond motifs is 1. The zero-order valence-electron chi connectivity index (χ0n) is 18.8. The Morgan fingerprint density at radius 3 is 2.36 bits per heavy atom. The number of aliphatic hydroxyl groups is 1. The van der Waals surface area contributed by atoms with Crippen molar-refractivity contribution in [2.75, 3.05) is 19.0 Å². The fourth-order valence-electron chi connectivity index (χ4n) is 4.23. The number of nitrogens with two attached hydrogens (primary N) is 1. The number of aromatic hydroxyl groups is 1. The Hall–Kier alpha value is -1.78. The first-order chi connectivity index (χ1) is 15.2. The molecule has 1 aromatic rings. The number of benzene rings is 1. The maximum atomic E-state index is 13.7. The van der Waals surface area contributed by atoms with E-state index in [9.17, 15) is 32.8 Å². The molecule has 10 nitrogen and oxygen atoms in total. The molecule has 5 N–H and O–H groups in total. The number of alkyl halides is 5. The number of halogens is 2. The average Bonchev–Trinajstić information content (AvgIpc) is 3.05. The summed E-state index contributed by atoms with van der Waals surface area (Å²) in [6.07, 6.45) is -0.0778. The number of ether oxygens (including phenoxy) is 1. The van der Waals surface area contributed by atoms with Gasteiger partial charge in [-0.25, -0.2) is 0 Å². The summed E-state index contributed by atoms with van der Waals surface area (Å²) in [6.45, 7) is 3.27. The van der Waals surface area contributed by atoms with Gasteiger partial charge in [0, 0.05) is 0 Å². The van der Waals surface area contributed by atoms with E-state index in [2.05, 4.69) is 0 Å². The number of hydrogen-bond donors (Lipinski definition) is 4. The fourth-order valence-corrected chi connectivity index (χ4v) is 35.6. The number of hydrogen-bond acceptors (Lipinski definition) is 9. The van der Waals surface area contributed by atoms with Crippen molar-refractivity contribution in [3.63, 3.8) is 0 Å². The number of carbonyl (C=O) groups excluding carboxylic acids is 4. The second kappa shape index (κ2) is 8.46. The molecule has 1 amide bonds. The van der Waals surface area contributed by atoms with Crippen LogP contribution in [0, 0.1) is 0 Å². The number of aliphatic hydroxyl groups excluding tert-OH is 1. The van der Waals surface area contributed by atoms with Gasteiger partial charge in [0.2, 0.25) is 0 Å². The molecule has 0 aliphatic carbocycles. The van der Waals surface area contributed by atoms with Gasteiger partial charge in [-0.1, -0.05) is 0 Å². The molecule has 12 heteroatoms. The molecular formula is C21H28I2N2O8. The van der Waals surface area contributed by atoms with Crippen molar-refractivity contribution in [3.05, 3.63) is 40.7 Å². The van der Waals surface area contributed by atoms with Gasteiger partial charge in [-0.3, -0.25) is 0 Å². The van der Waals surface area contributed by atoms with Crippen molar-refractivity contribution in [1.29, 1.82) is 0 Å². The van der Waals surface area contributed by atoms with Crippen LogP contribution in [-0.2, 0) is 19.1 Å². The summed E-state index contributed by atoms with van der Waals surface area (Å²) in [6, 6.07) is 4.64. The maximum absolute atomic E-state index is 13.7. The van der Waals surface area contributed by atoms with Crippen molar-refractivity contribution in [3.8, 4) is 5.75 Å². The molecule has 3 atom stereocenters. The van der Waals surface area contributed by atoms with Gasteiger partial charge in [0.15, 0.2) is 0 Å². The molecule has 184 valence electrons. The molecule has 0 bridgehead atoms. The van der Waals surface area contributed by atoms with Crippen LogP contribution in [0.25, 0.3) is 0 Å². The van der Waals surface area contributed by atoms with E-state index in [1.807, 2.05) is 0 Å². The van der Waals surface area contributed by atoms with Crippen molar-refractivity contribution in [2.45, 2.75) is 30.4 Å². The van der Waals surface area contributed by atoms with Crippen LogP contribution in [0.4, 0.5) is 0 Å². The third-order valence-electron chi connectivity index (χ3n) is 5.72. The van der Waals surface area contributed by atoms with Crippen molar-refractivity contribution in [2.24, 2.45) is 5.73 Å². The van der Waals surface area contributed by atoms with E-state index in [4.69, 9.17) is 10.5 Å². The summed E-state index contributed by atoms with van der Waals surface area (Å²) < 4.78 is 13.4. The Balaban J connectivity index is 2.30. The summed E-state index contributed by atoms with van der Waals surface area (Å²) in [4.78, 5) is 54.6. The summed E-state index contributed by atoms with van der Waals surface area (Å²) in [7, 11) is 3.00. The van der Waals surface area contributed by atoms with Crippen LogP contribution < -0.4 is 5.73 Å². The number of rotatable bonds is 6. The third kappa shape index (κ3) is 3.56. The van der Waals surface area contributed by atoms with E-state index in [1.165, 1.54) is 36.9 Å². The van der Waals surface area contributed by atoms with Crippen molar-refractivity contribution < 1.29 is 37.6 Å². The number of primary amides is 1. The number of esters is 1. The molecule has 0 unspecified atom stereocenters. The molecule has 1 aromatic carbocycles. The van der Waals surface area contributed by atoms with Crippen LogP contribution in [0.15, 0.2) is 29.5 Å². The molecule has 2 aliphatic heterocycles. The molecule has 3 rings (SSSR count). The zero-order chi connectivity index (χ0) is 25.1. The SMILES string of the molecule is CCC(=O)O[C@@H](I1C(=O)c2c(O)cccc2[C@@H]1C)I1(C)(O)C(=O)C(C(N)=O)=C(O)[C@H]1N(C)C. The summed E-state index contributed by atoms with van der Waals surface area (Å²) in [5.41, 5.74) is 5.30. The Bertz CT molecular complexity index is 1110. The first kappa shape index (κ1) is 25.8. The predicted molar refractivity (Wildman–Crippen MR) is 139 cm³/mol. The van der Waals surface area contributed by atoms with Crippen molar-refractivity contribution in [1.82, 2.24) is 4.90 Å². The quantitative estimate of drug-likeness (QED) is 0.0874. The van der Waals surface area contributed by atoms with Gasteiger partial charge < -0.3 is 0 Å². The van der Waals surface area contributed by atoms with Gasteiger partial charge in [0.1, 0.15) is 0 Å². The number of amides is 1. The number of likely N-dealkylation sites (N-methyl/N-ethyl adjacent to an activating group) is 1. The van der Waals surface area contributed by atoms with Crippen LogP contribution in [0.2, 0.25) is 0 Å². The van der Waals surface area contributed by atoms with Gasteiger partial charge in [-0.2, -0.15) is 0 Å². The number of nitrogens with zero attached hydrogens (tertiary/aromatic N) is 1. The van der Waals surface area contributed by atoms with E-state index in [0.717, 1.165) is 0 Å². The first-order valence-electron chi connectivity index (χ1n) is 9.90. The minimum absolute atomic E-state index is 0.0778. The average molecular weight is 690 g/mol. The third-order valence-corrected chi connectivity index (χ3v) is 33.3. The van der Waals surface area contributed by atoms with E-state index < -0.39 is 78.2 Å². The van der Waals surface area contributed by atoms with Crippen molar-refractivity contribution >= 4 is 56.7 Å². The van der Waals surface area contributed by atoms with Gasteiger partial charge in [0.25, 0.3) is 0 Å². The van der Waals surface area contributed by atoms with E-state index in [0.29, 0.717) is 5.56 Å². The molecule has 33 heavy (non-hydrogen) atoms. The van der Waals surface area contributed by atoms with Gasteiger partial charge >= 0.3 is 201 Å². The fraction of sp³-hybridized carbons (Fsp3) is 0.429. The second-order valence-electron chi connectivity index (χ2n) is 8.20. The van der Waals surface area contributed by atoms with Gasteiger partial charge in [-0.05, 0) is 0 Å². The molecule has 0 saturated carbocycles. The molecule has 0 spiro atoms. The summed E-state index contributed by atoms with van der Waals surface area (Å²) >= 11 is -9.31. The Morgan fingerprint density at radius 1 is 1.27 bits per heavy atom. The monoisotopic (exact) mass is 690 g/mol. The molecular weight excluding hydrogens is 662 g/mol. The van der Waals surface area contributed by atoms with Crippen LogP contribution in [0.5, 0.6) is 5.75 Å². The van der Waals surface area contributed by atoms with E-state index in [-0.39, 0.29) is 17.7 Å². The molecule has 0 saturated heterocycles. The summed E-state index contributed by atoms with van der Waals surface area (Å²) in [5.74, 6) is -2.84. The Morgan fingerprint density at radius 2 is 1.88 bits per heavy atom. The second-order valence-corrected chi connectivity index (χ2v) is 27.9. The molecule has 2 heterocycles. The standard InChI is InChI=1S/C21H28I2N2O8/c1-6-13(27)33-21(22-10(2)11-8-7-9-12(26)14(11)17(22)29)23(3,32)18(25(4)5)16(28)15(19(23)30)20(24)31/h7-10,18,21,26,28,32H,6H2,1-5H3,(H2,24,31)/t10-,18+,21-/m0/s1. The zero-order valence-corrected chi connectivity index (χ0v) is 23.1.